The van der Waals surface area contributed by atoms with Crippen LogP contribution in [0.1, 0.15) is 50.5 Å². The molecule has 4 rings (SSSR count). The van der Waals surface area contributed by atoms with Gasteiger partial charge in [-0.1, -0.05) is 18.6 Å². The number of fused-ring (bicyclic) bond motifs is 4. The molecule has 1 aromatic carbocycles. The first kappa shape index (κ1) is 13.5. The summed E-state index contributed by atoms with van der Waals surface area (Å²) >= 11 is 0. The van der Waals surface area contributed by atoms with Crippen molar-refractivity contribution in [2.24, 2.45) is 5.41 Å². The molecular formula is C17H22O3. The Hall–Kier alpha value is -1.51. The van der Waals surface area contributed by atoms with Crippen molar-refractivity contribution in [2.75, 3.05) is 7.11 Å². The van der Waals surface area contributed by atoms with E-state index in [4.69, 9.17) is 4.74 Å². The molecule has 0 aromatic heterocycles. The van der Waals surface area contributed by atoms with Crippen LogP contribution in [0.4, 0.5) is 0 Å². The minimum absolute atomic E-state index is 0.0151. The molecular weight excluding hydrogens is 252 g/mol. The van der Waals surface area contributed by atoms with Crippen LogP contribution < -0.4 is 0 Å². The second kappa shape index (κ2) is 4.80. The highest BCUT2D eigenvalue weighted by atomic mass is 16.5. The molecule has 3 aliphatic carbocycles. The van der Waals surface area contributed by atoms with Gasteiger partial charge in [-0.25, -0.2) is 0 Å². The molecule has 0 saturated heterocycles. The maximum Gasteiger partial charge on any atom is 0.311 e. The van der Waals surface area contributed by atoms with E-state index in [1.807, 2.05) is 12.1 Å². The molecule has 0 unspecified atom stereocenters. The Morgan fingerprint density at radius 2 is 1.70 bits per heavy atom. The molecule has 1 N–H and O–H groups in total. The fourth-order valence-electron chi connectivity index (χ4n) is 4.24. The predicted molar refractivity (Wildman–Crippen MR) is 76.6 cm³/mol. The minimum atomic E-state index is -0.230. The largest absolute Gasteiger partial charge is 0.508 e. The maximum atomic E-state index is 12.1. The molecule has 3 heteroatoms. The monoisotopic (exact) mass is 274 g/mol. The van der Waals surface area contributed by atoms with E-state index in [2.05, 4.69) is 0 Å². The molecule has 0 spiro atoms. The standard InChI is InChI=1S/C17H22O3/c1-20-15(19)17-8-2-7-16(9-11-17,10-12-17)13-3-5-14(18)6-4-13/h3-6,18H,2,7-12H2,1H3. The first-order valence-corrected chi connectivity index (χ1v) is 7.48. The lowest BCUT2D eigenvalue weighted by molar-refractivity contribution is -0.155. The highest BCUT2D eigenvalue weighted by molar-refractivity contribution is 5.77. The quantitative estimate of drug-likeness (QED) is 0.839. The number of methoxy groups -OCH3 is 1. The molecule has 3 fully saturated rings. The average molecular weight is 274 g/mol. The van der Waals surface area contributed by atoms with Gasteiger partial charge in [0, 0.05) is 0 Å². The van der Waals surface area contributed by atoms with Crippen LogP contribution in [0.3, 0.4) is 0 Å². The topological polar surface area (TPSA) is 46.5 Å². The second-order valence-electron chi connectivity index (χ2n) is 6.45. The molecule has 0 aliphatic heterocycles. The SMILES string of the molecule is COC(=O)C12CCCC(c3ccc(O)cc3)(CC1)CC2. The lowest BCUT2D eigenvalue weighted by Gasteiger charge is -2.41. The van der Waals surface area contributed by atoms with Gasteiger partial charge in [0.1, 0.15) is 5.75 Å². The van der Waals surface area contributed by atoms with Crippen LogP contribution in [0.5, 0.6) is 5.75 Å². The van der Waals surface area contributed by atoms with E-state index in [9.17, 15) is 9.90 Å². The van der Waals surface area contributed by atoms with E-state index in [-0.39, 0.29) is 16.8 Å². The fraction of sp³-hybridized carbons (Fsp3) is 0.588. The van der Waals surface area contributed by atoms with Crippen LogP contribution >= 0.6 is 0 Å². The Morgan fingerprint density at radius 1 is 1.05 bits per heavy atom. The number of ether oxygens (including phenoxy) is 1. The van der Waals surface area contributed by atoms with Gasteiger partial charge in [0.2, 0.25) is 0 Å². The zero-order chi connectivity index (χ0) is 14.2. The Morgan fingerprint density at radius 3 is 2.30 bits per heavy atom. The highest BCUT2D eigenvalue weighted by Gasteiger charge is 2.50. The molecule has 0 radical (unpaired) electrons. The van der Waals surface area contributed by atoms with Gasteiger partial charge in [-0.3, -0.25) is 4.79 Å². The number of hydrogen-bond donors (Lipinski definition) is 1. The molecule has 2 bridgehead atoms. The number of hydrogen-bond acceptors (Lipinski definition) is 3. The van der Waals surface area contributed by atoms with Gasteiger partial charge in [-0.2, -0.15) is 0 Å². The lowest BCUT2D eigenvalue weighted by Crippen LogP contribution is -2.39. The summed E-state index contributed by atoms with van der Waals surface area (Å²) in [4.78, 5) is 12.1. The molecule has 0 atom stereocenters. The van der Waals surface area contributed by atoms with E-state index in [0.717, 1.165) is 44.9 Å². The molecule has 108 valence electrons. The van der Waals surface area contributed by atoms with E-state index in [0.29, 0.717) is 5.75 Å². The summed E-state index contributed by atoms with van der Waals surface area (Å²) in [5, 5.41) is 9.46. The Bertz CT molecular complexity index is 495. The van der Waals surface area contributed by atoms with Crippen LogP contribution in [0, 0.1) is 5.41 Å². The first-order chi connectivity index (χ1) is 9.60. The second-order valence-corrected chi connectivity index (χ2v) is 6.45. The fourth-order valence-corrected chi connectivity index (χ4v) is 4.24. The normalized spacial score (nSPS) is 32.6. The summed E-state index contributed by atoms with van der Waals surface area (Å²) < 4.78 is 5.05. The number of aromatic hydroxyl groups is 1. The maximum absolute atomic E-state index is 12.1. The van der Waals surface area contributed by atoms with Crippen molar-refractivity contribution in [1.82, 2.24) is 0 Å². The number of phenols is 1. The Labute approximate surface area is 120 Å². The van der Waals surface area contributed by atoms with Gasteiger partial charge >= 0.3 is 5.97 Å². The summed E-state index contributed by atoms with van der Waals surface area (Å²) in [6.45, 7) is 0. The van der Waals surface area contributed by atoms with Crippen molar-refractivity contribution in [2.45, 2.75) is 50.4 Å². The van der Waals surface area contributed by atoms with Crippen molar-refractivity contribution in [3.8, 4) is 5.75 Å². The smallest absolute Gasteiger partial charge is 0.311 e. The minimum Gasteiger partial charge on any atom is -0.508 e. The molecule has 3 saturated carbocycles. The number of carbonyl (C=O) groups excluding carboxylic acids is 1. The molecule has 3 nitrogen and oxygen atoms in total. The van der Waals surface area contributed by atoms with E-state index >= 15 is 0 Å². The van der Waals surface area contributed by atoms with Crippen LogP contribution in [-0.4, -0.2) is 18.2 Å². The van der Waals surface area contributed by atoms with Crippen molar-refractivity contribution in [3.63, 3.8) is 0 Å². The summed E-state index contributed by atoms with van der Waals surface area (Å²) in [5.74, 6) is 0.303. The van der Waals surface area contributed by atoms with Crippen molar-refractivity contribution < 1.29 is 14.6 Å². The van der Waals surface area contributed by atoms with Crippen molar-refractivity contribution >= 4 is 5.97 Å². The highest BCUT2D eigenvalue weighted by Crippen LogP contribution is 2.55. The van der Waals surface area contributed by atoms with Gasteiger partial charge in [0.25, 0.3) is 0 Å². The number of carbonyl (C=O) groups is 1. The number of phenolic OH excluding ortho intramolecular Hbond substituents is 1. The molecule has 3 aliphatic rings. The van der Waals surface area contributed by atoms with Gasteiger partial charge in [0.05, 0.1) is 12.5 Å². The van der Waals surface area contributed by atoms with Crippen molar-refractivity contribution in [3.05, 3.63) is 29.8 Å². The van der Waals surface area contributed by atoms with Gasteiger partial charge in [-0.05, 0) is 61.6 Å². The molecule has 0 heterocycles. The van der Waals surface area contributed by atoms with Crippen LogP contribution in [0.2, 0.25) is 0 Å². The molecule has 0 amide bonds. The van der Waals surface area contributed by atoms with E-state index in [1.165, 1.54) is 12.7 Å². The first-order valence-electron chi connectivity index (χ1n) is 7.48. The summed E-state index contributed by atoms with van der Waals surface area (Å²) in [5.41, 5.74) is 1.28. The predicted octanol–water partition coefficient (Wildman–Crippen LogP) is 3.55. The van der Waals surface area contributed by atoms with Crippen molar-refractivity contribution in [1.29, 1.82) is 0 Å². The lowest BCUT2D eigenvalue weighted by atomic mass is 9.62. The van der Waals surface area contributed by atoms with Gasteiger partial charge in [-0.15, -0.1) is 0 Å². The average Bonchev–Trinajstić information content (AvgIpc) is 2.79. The Kier molecular flexibility index (Phi) is 3.23. The van der Waals surface area contributed by atoms with E-state index in [1.54, 1.807) is 12.1 Å². The number of esters is 1. The molecule has 20 heavy (non-hydrogen) atoms. The zero-order valence-corrected chi connectivity index (χ0v) is 12.0. The Balaban J connectivity index is 1.89. The summed E-state index contributed by atoms with van der Waals surface area (Å²) in [7, 11) is 1.50. The summed E-state index contributed by atoms with van der Waals surface area (Å²) in [6.07, 6.45) is 7.13. The number of benzene rings is 1. The van der Waals surface area contributed by atoms with Gasteiger partial charge in [0.15, 0.2) is 0 Å². The third-order valence-corrected chi connectivity index (χ3v) is 5.57. The van der Waals surface area contributed by atoms with Crippen LogP contribution in [0.25, 0.3) is 0 Å². The third kappa shape index (κ3) is 2.00. The van der Waals surface area contributed by atoms with Crippen LogP contribution in [-0.2, 0) is 14.9 Å². The zero-order valence-electron chi connectivity index (χ0n) is 12.0. The molecule has 1 aromatic rings. The van der Waals surface area contributed by atoms with E-state index < -0.39 is 0 Å². The van der Waals surface area contributed by atoms with Gasteiger partial charge < -0.3 is 9.84 Å². The third-order valence-electron chi connectivity index (χ3n) is 5.57. The number of rotatable bonds is 2. The van der Waals surface area contributed by atoms with Crippen LogP contribution in [0.15, 0.2) is 24.3 Å². The summed E-state index contributed by atoms with van der Waals surface area (Å²) in [6, 6.07) is 7.64.